The molecule has 1 atom stereocenters. The number of carbonyl (C=O) groups is 1. The third-order valence-electron chi connectivity index (χ3n) is 3.05. The molecule has 0 saturated carbocycles. The van der Waals surface area contributed by atoms with Gasteiger partial charge in [0.25, 0.3) is 0 Å². The van der Waals surface area contributed by atoms with Crippen LogP contribution >= 0.6 is 0 Å². The fourth-order valence-electron chi connectivity index (χ4n) is 2.47. The van der Waals surface area contributed by atoms with Gasteiger partial charge >= 0.3 is 0 Å². The Kier molecular flexibility index (Phi) is 4.94. The highest BCUT2D eigenvalue weighted by molar-refractivity contribution is 5.82. The van der Waals surface area contributed by atoms with Crippen molar-refractivity contribution in [1.29, 1.82) is 0 Å². The van der Waals surface area contributed by atoms with Crippen molar-refractivity contribution in [3.63, 3.8) is 0 Å². The third kappa shape index (κ3) is 4.31. The molecule has 0 fully saturated rings. The largest absolute Gasteiger partial charge is 0.315 e. The van der Waals surface area contributed by atoms with Gasteiger partial charge in [0.1, 0.15) is 5.78 Å². The SMILES string of the molecule is CNC(C(C)=O)C(C)(C)CC(C)(C)NC. The molecule has 0 aromatic carbocycles. The zero-order valence-electron chi connectivity index (χ0n) is 11.2. The first-order chi connectivity index (χ1) is 6.66. The molecule has 0 aromatic heterocycles. The quantitative estimate of drug-likeness (QED) is 0.705. The van der Waals surface area contributed by atoms with E-state index >= 15 is 0 Å². The van der Waals surface area contributed by atoms with Gasteiger partial charge in [-0.15, -0.1) is 0 Å². The summed E-state index contributed by atoms with van der Waals surface area (Å²) in [5, 5.41) is 6.39. The van der Waals surface area contributed by atoms with E-state index in [1.54, 1.807) is 6.92 Å². The van der Waals surface area contributed by atoms with Gasteiger partial charge in [-0.25, -0.2) is 0 Å². The molecule has 0 saturated heterocycles. The molecular weight excluding hydrogens is 188 g/mol. The van der Waals surface area contributed by atoms with E-state index in [9.17, 15) is 4.79 Å². The van der Waals surface area contributed by atoms with E-state index in [0.29, 0.717) is 0 Å². The zero-order chi connectivity index (χ0) is 12.3. The summed E-state index contributed by atoms with van der Waals surface area (Å²) in [7, 11) is 3.80. The highest BCUT2D eigenvalue weighted by Gasteiger charge is 2.36. The minimum Gasteiger partial charge on any atom is -0.315 e. The summed E-state index contributed by atoms with van der Waals surface area (Å²) < 4.78 is 0. The Morgan fingerprint density at radius 1 is 1.20 bits per heavy atom. The van der Waals surface area contributed by atoms with Crippen molar-refractivity contribution in [1.82, 2.24) is 10.6 Å². The first-order valence-corrected chi connectivity index (χ1v) is 5.53. The molecule has 0 radical (unpaired) electrons. The van der Waals surface area contributed by atoms with Crippen molar-refractivity contribution >= 4 is 5.78 Å². The average molecular weight is 214 g/mol. The third-order valence-corrected chi connectivity index (χ3v) is 3.05. The summed E-state index contributed by atoms with van der Waals surface area (Å²) in [6.07, 6.45) is 0.946. The van der Waals surface area contributed by atoms with Crippen molar-refractivity contribution in [2.45, 2.75) is 52.6 Å². The van der Waals surface area contributed by atoms with Crippen LogP contribution in [-0.4, -0.2) is 31.5 Å². The molecule has 0 spiro atoms. The van der Waals surface area contributed by atoms with Gasteiger partial charge in [0.15, 0.2) is 0 Å². The topological polar surface area (TPSA) is 41.1 Å². The van der Waals surface area contributed by atoms with Gasteiger partial charge in [0.05, 0.1) is 6.04 Å². The maximum atomic E-state index is 11.5. The van der Waals surface area contributed by atoms with Crippen LogP contribution in [0.15, 0.2) is 0 Å². The lowest BCUT2D eigenvalue weighted by molar-refractivity contribution is -0.121. The standard InChI is InChI=1S/C12H26N2O/c1-9(15)10(13-6)11(2,3)8-12(4,5)14-7/h10,13-14H,8H2,1-7H3. The molecule has 0 aliphatic carbocycles. The Hall–Kier alpha value is -0.410. The molecule has 0 heterocycles. The van der Waals surface area contributed by atoms with Crippen molar-refractivity contribution in [2.75, 3.05) is 14.1 Å². The monoisotopic (exact) mass is 214 g/mol. The Morgan fingerprint density at radius 3 is 1.93 bits per heavy atom. The molecule has 2 N–H and O–H groups in total. The van der Waals surface area contributed by atoms with Crippen molar-refractivity contribution in [3.8, 4) is 0 Å². The fourth-order valence-corrected chi connectivity index (χ4v) is 2.47. The van der Waals surface area contributed by atoms with Crippen molar-refractivity contribution < 1.29 is 4.79 Å². The summed E-state index contributed by atoms with van der Waals surface area (Å²) >= 11 is 0. The molecule has 0 aromatic rings. The Morgan fingerprint density at radius 2 is 1.67 bits per heavy atom. The minimum absolute atomic E-state index is 0.0485. The molecule has 3 nitrogen and oxygen atoms in total. The van der Waals surface area contributed by atoms with Crippen LogP contribution in [0.25, 0.3) is 0 Å². The van der Waals surface area contributed by atoms with Crippen LogP contribution in [0.3, 0.4) is 0 Å². The lowest BCUT2D eigenvalue weighted by Gasteiger charge is -2.39. The normalized spacial score (nSPS) is 15.1. The van der Waals surface area contributed by atoms with Gasteiger partial charge in [-0.05, 0) is 46.7 Å². The fraction of sp³-hybridized carbons (Fsp3) is 0.917. The predicted octanol–water partition coefficient (Wildman–Crippen LogP) is 1.58. The number of Topliss-reactive ketones (excluding diaryl/α,β-unsaturated/α-hetero) is 1. The number of nitrogens with one attached hydrogen (secondary N) is 2. The number of ketones is 1. The Balaban J connectivity index is 4.72. The van der Waals surface area contributed by atoms with Gasteiger partial charge in [0.2, 0.25) is 0 Å². The number of rotatable bonds is 6. The highest BCUT2D eigenvalue weighted by Crippen LogP contribution is 2.31. The maximum absolute atomic E-state index is 11.5. The number of hydrogen-bond donors (Lipinski definition) is 2. The van der Waals surface area contributed by atoms with Crippen LogP contribution in [-0.2, 0) is 4.79 Å². The van der Waals surface area contributed by atoms with Gasteiger partial charge in [-0.3, -0.25) is 4.79 Å². The second-order valence-electron chi connectivity index (χ2n) is 5.63. The minimum atomic E-state index is -0.0786. The number of hydrogen-bond acceptors (Lipinski definition) is 3. The van der Waals surface area contributed by atoms with Crippen molar-refractivity contribution in [3.05, 3.63) is 0 Å². The smallest absolute Gasteiger partial charge is 0.147 e. The molecule has 0 aliphatic heterocycles. The molecule has 3 heteroatoms. The van der Waals surface area contributed by atoms with Crippen LogP contribution in [0.2, 0.25) is 0 Å². The van der Waals surface area contributed by atoms with Gasteiger partial charge in [-0.2, -0.15) is 0 Å². The summed E-state index contributed by atoms with van der Waals surface area (Å²) in [6.45, 7) is 10.2. The molecule has 0 amide bonds. The van der Waals surface area contributed by atoms with Gasteiger partial charge < -0.3 is 10.6 Å². The number of likely N-dealkylation sites (N-methyl/N-ethyl adjacent to an activating group) is 1. The van der Waals surface area contributed by atoms with Crippen LogP contribution in [0.1, 0.15) is 41.0 Å². The molecule has 0 aliphatic rings. The summed E-state index contributed by atoms with van der Waals surface area (Å²) in [4.78, 5) is 11.5. The summed E-state index contributed by atoms with van der Waals surface area (Å²) in [6, 6.07) is -0.0786. The zero-order valence-corrected chi connectivity index (χ0v) is 11.2. The summed E-state index contributed by atoms with van der Waals surface area (Å²) in [5.74, 6) is 0.203. The molecule has 15 heavy (non-hydrogen) atoms. The first kappa shape index (κ1) is 14.6. The molecular formula is C12H26N2O. The Labute approximate surface area is 94.0 Å². The van der Waals surface area contributed by atoms with E-state index in [1.807, 2.05) is 14.1 Å². The Bertz CT molecular complexity index is 222. The van der Waals surface area contributed by atoms with E-state index in [1.165, 1.54) is 0 Å². The van der Waals surface area contributed by atoms with E-state index in [-0.39, 0.29) is 22.8 Å². The van der Waals surface area contributed by atoms with Crippen LogP contribution in [0, 0.1) is 5.41 Å². The lowest BCUT2D eigenvalue weighted by atomic mass is 9.73. The van der Waals surface area contributed by atoms with Crippen LogP contribution < -0.4 is 10.6 Å². The highest BCUT2D eigenvalue weighted by atomic mass is 16.1. The second-order valence-corrected chi connectivity index (χ2v) is 5.63. The van der Waals surface area contributed by atoms with E-state index in [0.717, 1.165) is 6.42 Å². The van der Waals surface area contributed by atoms with E-state index in [4.69, 9.17) is 0 Å². The van der Waals surface area contributed by atoms with Gasteiger partial charge in [0, 0.05) is 5.54 Å². The average Bonchev–Trinajstić information content (AvgIpc) is 2.01. The first-order valence-electron chi connectivity index (χ1n) is 5.53. The second kappa shape index (κ2) is 5.08. The molecule has 0 rings (SSSR count). The predicted molar refractivity (Wildman–Crippen MR) is 65.1 cm³/mol. The maximum Gasteiger partial charge on any atom is 0.147 e. The molecule has 90 valence electrons. The van der Waals surface area contributed by atoms with Crippen LogP contribution in [0.4, 0.5) is 0 Å². The van der Waals surface area contributed by atoms with Crippen LogP contribution in [0.5, 0.6) is 0 Å². The van der Waals surface area contributed by atoms with Crippen molar-refractivity contribution in [2.24, 2.45) is 5.41 Å². The van der Waals surface area contributed by atoms with E-state index < -0.39 is 0 Å². The molecule has 0 bridgehead atoms. The summed E-state index contributed by atoms with van der Waals surface area (Å²) in [5.41, 5.74) is 0.00113. The molecule has 1 unspecified atom stereocenters. The lowest BCUT2D eigenvalue weighted by Crippen LogP contribution is -2.50. The van der Waals surface area contributed by atoms with E-state index in [2.05, 4.69) is 38.3 Å². The number of carbonyl (C=O) groups excluding carboxylic acids is 1. The van der Waals surface area contributed by atoms with Gasteiger partial charge in [-0.1, -0.05) is 13.8 Å².